The van der Waals surface area contributed by atoms with Gasteiger partial charge in [-0.1, -0.05) is 51.1 Å². The molecule has 0 aliphatic rings. The van der Waals surface area contributed by atoms with Gasteiger partial charge in [0.1, 0.15) is 0 Å². The molecule has 0 amide bonds. The lowest BCUT2D eigenvalue weighted by Gasteiger charge is -2.19. The predicted molar refractivity (Wildman–Crippen MR) is 95.8 cm³/mol. The van der Waals surface area contributed by atoms with Crippen LogP contribution >= 0.6 is 0 Å². The monoisotopic (exact) mass is 331 g/mol. The molecule has 1 aromatic heterocycles. The first-order valence-electron chi connectivity index (χ1n) is 8.46. The molecule has 0 saturated carbocycles. The lowest BCUT2D eigenvalue weighted by Crippen LogP contribution is -2.31. The van der Waals surface area contributed by atoms with Gasteiger partial charge in [-0.15, -0.1) is 0 Å². The number of ether oxygens (including phenoxy) is 1. The average Bonchev–Trinajstić information content (AvgIpc) is 3.02. The van der Waals surface area contributed by atoms with Crippen LogP contribution in [-0.4, -0.2) is 34.6 Å². The Hall–Kier alpha value is -1.69. The summed E-state index contributed by atoms with van der Waals surface area (Å²) in [7, 11) is 0. The molecular weight excluding hydrogens is 302 g/mol. The summed E-state index contributed by atoms with van der Waals surface area (Å²) in [6.45, 7) is 9.91. The quantitative estimate of drug-likeness (QED) is 0.695. The van der Waals surface area contributed by atoms with Gasteiger partial charge in [-0.3, -0.25) is 5.10 Å². The standard InChI is InChI=1S/C19H29N3O2/c1-14(15-8-6-5-7-9-15)24-13-17(23)12-20-10-16-11-21-22-18(16)19(2,3)4/h5-9,11,14,17,20,23H,10,12-13H2,1-4H3,(H,21,22)/t14-,17-/m0/s1. The molecule has 3 N–H and O–H groups in total. The first-order chi connectivity index (χ1) is 11.4. The van der Waals surface area contributed by atoms with Crippen LogP contribution in [0.3, 0.4) is 0 Å². The molecule has 2 atom stereocenters. The minimum absolute atomic E-state index is 0.0257. The van der Waals surface area contributed by atoms with Gasteiger partial charge in [0, 0.05) is 29.8 Å². The fourth-order valence-corrected chi connectivity index (χ4v) is 2.60. The summed E-state index contributed by atoms with van der Waals surface area (Å²) < 4.78 is 5.75. The van der Waals surface area contributed by atoms with Crippen molar-refractivity contribution >= 4 is 0 Å². The second-order valence-electron chi connectivity index (χ2n) is 7.19. The number of nitrogens with zero attached hydrogens (tertiary/aromatic N) is 1. The minimum Gasteiger partial charge on any atom is -0.389 e. The number of hydrogen-bond donors (Lipinski definition) is 3. The summed E-state index contributed by atoms with van der Waals surface area (Å²) >= 11 is 0. The van der Waals surface area contributed by atoms with E-state index in [1.807, 2.05) is 43.5 Å². The molecule has 0 aliphatic carbocycles. The predicted octanol–water partition coefficient (Wildman–Crippen LogP) is 2.94. The van der Waals surface area contributed by atoms with Crippen molar-refractivity contribution in [2.75, 3.05) is 13.2 Å². The van der Waals surface area contributed by atoms with E-state index in [2.05, 4.69) is 36.3 Å². The zero-order chi connectivity index (χ0) is 17.6. The number of aliphatic hydroxyl groups is 1. The number of rotatable bonds is 8. The van der Waals surface area contributed by atoms with Gasteiger partial charge in [-0.25, -0.2) is 0 Å². The van der Waals surface area contributed by atoms with Crippen LogP contribution in [0.15, 0.2) is 36.5 Å². The maximum Gasteiger partial charge on any atom is 0.0898 e. The number of aromatic amines is 1. The third-order valence-electron chi connectivity index (χ3n) is 3.97. The average molecular weight is 331 g/mol. The van der Waals surface area contributed by atoms with E-state index < -0.39 is 6.10 Å². The van der Waals surface area contributed by atoms with E-state index in [1.165, 1.54) is 0 Å². The summed E-state index contributed by atoms with van der Waals surface area (Å²) in [4.78, 5) is 0. The summed E-state index contributed by atoms with van der Waals surface area (Å²) in [5.41, 5.74) is 3.40. The van der Waals surface area contributed by atoms with Gasteiger partial charge in [0.05, 0.1) is 25.0 Å². The smallest absolute Gasteiger partial charge is 0.0898 e. The number of H-pyrrole nitrogens is 1. The molecule has 0 spiro atoms. The summed E-state index contributed by atoms with van der Waals surface area (Å²) in [5, 5.41) is 20.6. The highest BCUT2D eigenvalue weighted by atomic mass is 16.5. The lowest BCUT2D eigenvalue weighted by molar-refractivity contribution is -0.00213. The van der Waals surface area contributed by atoms with E-state index in [-0.39, 0.29) is 11.5 Å². The molecule has 0 radical (unpaired) electrons. The van der Waals surface area contributed by atoms with Crippen LogP contribution in [0.4, 0.5) is 0 Å². The van der Waals surface area contributed by atoms with Crippen LogP contribution in [0.5, 0.6) is 0 Å². The van der Waals surface area contributed by atoms with Crippen LogP contribution in [0, 0.1) is 0 Å². The van der Waals surface area contributed by atoms with Crippen LogP contribution in [0.2, 0.25) is 0 Å². The Morgan fingerprint density at radius 3 is 2.62 bits per heavy atom. The topological polar surface area (TPSA) is 70.2 Å². The number of nitrogens with one attached hydrogen (secondary N) is 2. The normalized spacial score (nSPS) is 14.5. The van der Waals surface area contributed by atoms with Gasteiger partial charge in [-0.2, -0.15) is 5.10 Å². The van der Waals surface area contributed by atoms with Crippen LogP contribution in [-0.2, 0) is 16.7 Å². The highest BCUT2D eigenvalue weighted by Gasteiger charge is 2.19. The maximum atomic E-state index is 10.1. The second kappa shape index (κ2) is 8.42. The Labute approximate surface area is 144 Å². The molecule has 24 heavy (non-hydrogen) atoms. The van der Waals surface area contributed by atoms with E-state index in [0.29, 0.717) is 19.7 Å². The molecular formula is C19H29N3O2. The van der Waals surface area contributed by atoms with Crippen molar-refractivity contribution in [2.45, 2.75) is 51.9 Å². The second-order valence-corrected chi connectivity index (χ2v) is 7.19. The molecule has 1 aromatic carbocycles. The maximum absolute atomic E-state index is 10.1. The van der Waals surface area contributed by atoms with E-state index in [1.54, 1.807) is 0 Å². The summed E-state index contributed by atoms with van der Waals surface area (Å²) in [6, 6.07) is 10.0. The van der Waals surface area contributed by atoms with E-state index in [4.69, 9.17) is 4.74 Å². The largest absolute Gasteiger partial charge is 0.389 e. The number of aliphatic hydroxyl groups excluding tert-OH is 1. The van der Waals surface area contributed by atoms with Crippen LogP contribution < -0.4 is 5.32 Å². The SMILES string of the molecule is C[C@H](OC[C@@H](O)CNCc1cn[nH]c1C(C)(C)C)c1ccccc1. The molecule has 0 unspecified atom stereocenters. The molecule has 2 aromatic rings. The Morgan fingerprint density at radius 2 is 1.96 bits per heavy atom. The molecule has 1 heterocycles. The van der Waals surface area contributed by atoms with Crippen molar-refractivity contribution in [2.24, 2.45) is 0 Å². The van der Waals surface area contributed by atoms with Gasteiger partial charge in [0.2, 0.25) is 0 Å². The lowest BCUT2D eigenvalue weighted by atomic mass is 9.89. The Morgan fingerprint density at radius 1 is 1.25 bits per heavy atom. The summed E-state index contributed by atoms with van der Waals surface area (Å²) in [6.07, 6.45) is 1.27. The Kier molecular flexibility index (Phi) is 6.54. The molecule has 0 fully saturated rings. The highest BCUT2D eigenvalue weighted by molar-refractivity contribution is 5.23. The Balaban J connectivity index is 1.72. The molecule has 5 heteroatoms. The van der Waals surface area contributed by atoms with Gasteiger partial charge in [0.25, 0.3) is 0 Å². The van der Waals surface area contributed by atoms with Crippen molar-refractivity contribution in [1.29, 1.82) is 0 Å². The van der Waals surface area contributed by atoms with Crippen molar-refractivity contribution in [3.05, 3.63) is 53.3 Å². The number of hydrogen-bond acceptors (Lipinski definition) is 4. The van der Waals surface area contributed by atoms with E-state index >= 15 is 0 Å². The fourth-order valence-electron chi connectivity index (χ4n) is 2.60. The highest BCUT2D eigenvalue weighted by Crippen LogP contribution is 2.23. The van der Waals surface area contributed by atoms with Crippen molar-refractivity contribution < 1.29 is 9.84 Å². The van der Waals surface area contributed by atoms with Crippen molar-refractivity contribution in [3.63, 3.8) is 0 Å². The molecule has 0 bridgehead atoms. The van der Waals surface area contributed by atoms with Gasteiger partial charge >= 0.3 is 0 Å². The first-order valence-corrected chi connectivity index (χ1v) is 8.46. The van der Waals surface area contributed by atoms with Crippen LogP contribution in [0.1, 0.15) is 50.6 Å². The Bertz CT molecular complexity index is 605. The van der Waals surface area contributed by atoms with Gasteiger partial charge in [0.15, 0.2) is 0 Å². The molecule has 0 saturated heterocycles. The molecule has 2 rings (SSSR count). The summed E-state index contributed by atoms with van der Waals surface area (Å²) in [5.74, 6) is 0. The molecule has 5 nitrogen and oxygen atoms in total. The minimum atomic E-state index is -0.541. The molecule has 0 aliphatic heterocycles. The first kappa shape index (κ1) is 18.6. The third kappa shape index (κ3) is 5.44. The fraction of sp³-hybridized carbons (Fsp3) is 0.526. The van der Waals surface area contributed by atoms with Crippen LogP contribution in [0.25, 0.3) is 0 Å². The van der Waals surface area contributed by atoms with E-state index in [0.717, 1.165) is 16.8 Å². The van der Waals surface area contributed by atoms with E-state index in [9.17, 15) is 5.11 Å². The number of benzene rings is 1. The zero-order valence-corrected chi connectivity index (χ0v) is 15.0. The molecule has 132 valence electrons. The zero-order valence-electron chi connectivity index (χ0n) is 15.0. The van der Waals surface area contributed by atoms with Crippen molar-refractivity contribution in [1.82, 2.24) is 15.5 Å². The van der Waals surface area contributed by atoms with Crippen molar-refractivity contribution in [3.8, 4) is 0 Å². The van der Waals surface area contributed by atoms with Gasteiger partial charge < -0.3 is 15.2 Å². The number of aromatic nitrogens is 2. The van der Waals surface area contributed by atoms with Gasteiger partial charge in [-0.05, 0) is 12.5 Å². The third-order valence-corrected chi connectivity index (χ3v) is 3.97.